The number of nitrogen functional groups attached to an aromatic ring is 1. The van der Waals surface area contributed by atoms with Gasteiger partial charge >= 0.3 is 0 Å². The van der Waals surface area contributed by atoms with Gasteiger partial charge in [-0.05, 0) is 24.3 Å². The smallest absolute Gasteiger partial charge is 0.295 e. The minimum Gasteiger partial charge on any atom is -0.384 e. The molecule has 0 aliphatic carbocycles. The third-order valence-corrected chi connectivity index (χ3v) is 2.57. The minimum atomic E-state index is -0.605. The van der Waals surface area contributed by atoms with E-state index in [9.17, 15) is 14.5 Å². The zero-order valence-corrected chi connectivity index (χ0v) is 9.69. The topological polar surface area (TPSA) is 82.0 Å². The van der Waals surface area contributed by atoms with Crippen LogP contribution in [-0.2, 0) is 0 Å². The van der Waals surface area contributed by atoms with Crippen LogP contribution in [0, 0.1) is 15.9 Å². The maximum absolute atomic E-state index is 13.0. The molecule has 1 aromatic heterocycles. The van der Waals surface area contributed by atoms with Gasteiger partial charge in [0.1, 0.15) is 11.6 Å². The molecule has 2 N–H and O–H groups in total. The lowest BCUT2D eigenvalue weighted by Gasteiger charge is -2.04. The second-order valence-electron chi connectivity index (χ2n) is 3.49. The molecule has 0 atom stereocenters. The number of aromatic nitrogens is 1. The summed E-state index contributed by atoms with van der Waals surface area (Å²) in [6.45, 7) is 0. The Bertz CT molecular complexity index is 634. The molecule has 0 amide bonds. The highest BCUT2D eigenvalue weighted by molar-refractivity contribution is 6.31. The van der Waals surface area contributed by atoms with Crippen molar-refractivity contribution in [3.05, 3.63) is 51.3 Å². The summed E-state index contributed by atoms with van der Waals surface area (Å²) in [6, 6.07) is 6.32. The van der Waals surface area contributed by atoms with Crippen molar-refractivity contribution in [2.75, 3.05) is 5.73 Å². The quantitative estimate of drug-likeness (QED) is 0.670. The first kappa shape index (κ1) is 12.3. The Morgan fingerprint density at radius 3 is 2.67 bits per heavy atom. The van der Waals surface area contributed by atoms with Gasteiger partial charge in [0.25, 0.3) is 5.69 Å². The minimum absolute atomic E-state index is 0.0573. The van der Waals surface area contributed by atoms with E-state index in [4.69, 9.17) is 17.3 Å². The zero-order valence-electron chi connectivity index (χ0n) is 8.93. The lowest BCUT2D eigenvalue weighted by atomic mass is 10.1. The molecule has 1 heterocycles. The summed E-state index contributed by atoms with van der Waals surface area (Å²) in [7, 11) is 0. The van der Waals surface area contributed by atoms with Crippen LogP contribution in [0.4, 0.5) is 15.9 Å². The number of pyridine rings is 1. The normalized spacial score (nSPS) is 10.3. The van der Waals surface area contributed by atoms with Crippen LogP contribution >= 0.6 is 11.6 Å². The first-order valence-corrected chi connectivity index (χ1v) is 5.23. The molecule has 0 saturated carbocycles. The standard InChI is InChI=1S/C11H7ClFN3O2/c12-7-5-6(1-2-8(7)13)11-9(16(17)18)3-4-10(14)15-11/h1-5H,(H2,14,15). The predicted molar refractivity (Wildman–Crippen MR) is 65.7 cm³/mol. The zero-order chi connectivity index (χ0) is 13.3. The van der Waals surface area contributed by atoms with Crippen LogP contribution < -0.4 is 5.73 Å². The van der Waals surface area contributed by atoms with Gasteiger partial charge in [0.15, 0.2) is 5.69 Å². The third-order valence-electron chi connectivity index (χ3n) is 2.29. The molecule has 1 aromatic carbocycles. The van der Waals surface area contributed by atoms with Gasteiger partial charge in [0.2, 0.25) is 0 Å². The van der Waals surface area contributed by atoms with Crippen molar-refractivity contribution < 1.29 is 9.31 Å². The summed E-state index contributed by atoms with van der Waals surface area (Å²) in [4.78, 5) is 14.2. The fraction of sp³-hybridized carbons (Fsp3) is 0. The number of hydrogen-bond donors (Lipinski definition) is 1. The Morgan fingerprint density at radius 2 is 2.06 bits per heavy atom. The van der Waals surface area contributed by atoms with Crippen molar-refractivity contribution >= 4 is 23.1 Å². The van der Waals surface area contributed by atoms with Gasteiger partial charge in [-0.2, -0.15) is 0 Å². The lowest BCUT2D eigenvalue weighted by molar-refractivity contribution is -0.384. The van der Waals surface area contributed by atoms with Gasteiger partial charge in [-0.15, -0.1) is 0 Å². The van der Waals surface area contributed by atoms with E-state index in [2.05, 4.69) is 4.98 Å². The maximum atomic E-state index is 13.0. The van der Waals surface area contributed by atoms with Crippen molar-refractivity contribution in [2.24, 2.45) is 0 Å². The molecule has 18 heavy (non-hydrogen) atoms. The van der Waals surface area contributed by atoms with E-state index in [-0.39, 0.29) is 22.2 Å². The highest BCUT2D eigenvalue weighted by Gasteiger charge is 2.18. The number of anilines is 1. The van der Waals surface area contributed by atoms with Crippen LogP contribution in [0.2, 0.25) is 5.02 Å². The fourth-order valence-corrected chi connectivity index (χ4v) is 1.65. The van der Waals surface area contributed by atoms with Crippen molar-refractivity contribution in [3.63, 3.8) is 0 Å². The van der Waals surface area contributed by atoms with Gasteiger partial charge in [-0.1, -0.05) is 11.6 Å². The molecule has 0 radical (unpaired) electrons. The van der Waals surface area contributed by atoms with E-state index in [1.54, 1.807) is 0 Å². The average Bonchev–Trinajstić information content (AvgIpc) is 2.32. The van der Waals surface area contributed by atoms with Crippen molar-refractivity contribution in [3.8, 4) is 11.3 Å². The molecular weight excluding hydrogens is 261 g/mol. The van der Waals surface area contributed by atoms with E-state index in [1.807, 2.05) is 0 Å². The van der Waals surface area contributed by atoms with Gasteiger partial charge in [-0.25, -0.2) is 9.37 Å². The SMILES string of the molecule is Nc1ccc([N+](=O)[O-])c(-c2ccc(F)c(Cl)c2)n1. The van der Waals surface area contributed by atoms with Gasteiger partial charge in [0.05, 0.1) is 9.95 Å². The van der Waals surface area contributed by atoms with E-state index in [0.29, 0.717) is 5.56 Å². The van der Waals surface area contributed by atoms with Gasteiger partial charge in [0, 0.05) is 11.6 Å². The van der Waals surface area contributed by atoms with E-state index in [1.165, 1.54) is 24.3 Å². The number of nitro groups is 1. The lowest BCUT2D eigenvalue weighted by Crippen LogP contribution is -1.98. The molecule has 0 spiro atoms. The molecule has 0 aliphatic heterocycles. The Kier molecular flexibility index (Phi) is 3.12. The summed E-state index contributed by atoms with van der Waals surface area (Å²) in [5, 5.41) is 10.7. The molecule has 0 unspecified atom stereocenters. The van der Waals surface area contributed by atoms with Crippen molar-refractivity contribution in [1.82, 2.24) is 4.98 Å². The van der Waals surface area contributed by atoms with Crippen molar-refractivity contribution in [2.45, 2.75) is 0 Å². The molecule has 0 bridgehead atoms. The second-order valence-corrected chi connectivity index (χ2v) is 3.90. The first-order chi connectivity index (χ1) is 8.49. The predicted octanol–water partition coefficient (Wildman–Crippen LogP) is 3.03. The Morgan fingerprint density at radius 1 is 1.33 bits per heavy atom. The first-order valence-electron chi connectivity index (χ1n) is 4.85. The van der Waals surface area contributed by atoms with Gasteiger partial charge in [-0.3, -0.25) is 10.1 Å². The highest BCUT2D eigenvalue weighted by atomic mass is 35.5. The van der Waals surface area contributed by atoms with Crippen molar-refractivity contribution in [1.29, 1.82) is 0 Å². The molecular formula is C11H7ClFN3O2. The summed E-state index contributed by atoms with van der Waals surface area (Å²) in [5.74, 6) is -0.469. The van der Waals surface area contributed by atoms with Crippen LogP contribution in [0.25, 0.3) is 11.3 Å². The summed E-state index contributed by atoms with van der Waals surface area (Å²) in [6.07, 6.45) is 0. The monoisotopic (exact) mass is 267 g/mol. The maximum Gasteiger partial charge on any atom is 0.295 e. The number of halogens is 2. The summed E-state index contributed by atoms with van der Waals surface area (Å²) < 4.78 is 13.0. The van der Waals surface area contributed by atoms with Crippen LogP contribution in [0.5, 0.6) is 0 Å². The Hall–Kier alpha value is -2.21. The van der Waals surface area contributed by atoms with Crippen LogP contribution in [0.15, 0.2) is 30.3 Å². The van der Waals surface area contributed by atoms with Gasteiger partial charge < -0.3 is 5.73 Å². The second kappa shape index (κ2) is 4.58. The third kappa shape index (κ3) is 2.23. The number of hydrogen-bond acceptors (Lipinski definition) is 4. The number of nitrogens with zero attached hydrogens (tertiary/aromatic N) is 2. The Labute approximate surface area is 106 Å². The summed E-state index contributed by atoms with van der Waals surface area (Å²) in [5.41, 5.74) is 5.67. The fourth-order valence-electron chi connectivity index (χ4n) is 1.47. The van der Waals surface area contributed by atoms with Crippen LogP contribution in [-0.4, -0.2) is 9.91 Å². The number of rotatable bonds is 2. The average molecular weight is 268 g/mol. The van der Waals surface area contributed by atoms with E-state index in [0.717, 1.165) is 6.07 Å². The summed E-state index contributed by atoms with van der Waals surface area (Å²) >= 11 is 5.63. The molecule has 2 aromatic rings. The molecule has 7 heteroatoms. The molecule has 0 fully saturated rings. The van der Waals surface area contributed by atoms with Crippen LogP contribution in [0.1, 0.15) is 0 Å². The highest BCUT2D eigenvalue weighted by Crippen LogP contribution is 2.31. The number of nitrogens with two attached hydrogens (primary N) is 1. The Balaban J connectivity index is 2.65. The largest absolute Gasteiger partial charge is 0.384 e. The molecule has 2 rings (SSSR count). The molecule has 0 saturated heterocycles. The molecule has 0 aliphatic rings. The van der Waals surface area contributed by atoms with E-state index >= 15 is 0 Å². The van der Waals surface area contributed by atoms with Crippen LogP contribution in [0.3, 0.4) is 0 Å². The number of benzene rings is 1. The molecule has 5 nitrogen and oxygen atoms in total. The molecule has 92 valence electrons. The van der Waals surface area contributed by atoms with E-state index < -0.39 is 10.7 Å².